The Morgan fingerprint density at radius 2 is 1.78 bits per heavy atom. The van der Waals surface area contributed by atoms with Gasteiger partial charge in [0, 0.05) is 6.04 Å². The van der Waals surface area contributed by atoms with Crippen molar-refractivity contribution in [3.8, 4) is 0 Å². The molecule has 0 aromatic rings. The van der Waals surface area contributed by atoms with Crippen LogP contribution in [0.1, 0.15) is 71.1 Å². The molecule has 0 amide bonds. The molecule has 2 bridgehead atoms. The van der Waals surface area contributed by atoms with Crippen LogP contribution in [-0.2, 0) is 0 Å². The molecule has 3 aliphatic carbocycles. The van der Waals surface area contributed by atoms with Crippen LogP contribution in [0.2, 0.25) is 0 Å². The SMILES string of the molecule is CCNC1CCCCCC1CC1CC2CCC1C2. The van der Waals surface area contributed by atoms with Gasteiger partial charge in [0.15, 0.2) is 0 Å². The van der Waals surface area contributed by atoms with E-state index in [9.17, 15) is 0 Å². The molecule has 104 valence electrons. The molecule has 3 saturated carbocycles. The molecule has 0 spiro atoms. The lowest BCUT2D eigenvalue weighted by Gasteiger charge is -2.31. The Balaban J connectivity index is 1.58. The van der Waals surface area contributed by atoms with Crippen LogP contribution >= 0.6 is 0 Å². The second-order valence-corrected chi connectivity index (χ2v) is 7.23. The quantitative estimate of drug-likeness (QED) is 0.729. The van der Waals surface area contributed by atoms with E-state index in [0.29, 0.717) is 0 Å². The number of hydrogen-bond acceptors (Lipinski definition) is 1. The molecule has 5 unspecified atom stereocenters. The average molecular weight is 249 g/mol. The Hall–Kier alpha value is -0.0400. The van der Waals surface area contributed by atoms with Gasteiger partial charge in [-0.3, -0.25) is 0 Å². The highest BCUT2D eigenvalue weighted by Gasteiger charge is 2.40. The van der Waals surface area contributed by atoms with E-state index >= 15 is 0 Å². The van der Waals surface area contributed by atoms with E-state index in [-0.39, 0.29) is 0 Å². The van der Waals surface area contributed by atoms with Crippen molar-refractivity contribution in [1.82, 2.24) is 5.32 Å². The van der Waals surface area contributed by atoms with Gasteiger partial charge < -0.3 is 5.32 Å². The highest BCUT2D eigenvalue weighted by Crippen LogP contribution is 2.51. The van der Waals surface area contributed by atoms with Crippen molar-refractivity contribution in [1.29, 1.82) is 0 Å². The molecule has 0 heterocycles. The van der Waals surface area contributed by atoms with Gasteiger partial charge in [-0.15, -0.1) is 0 Å². The molecule has 0 aliphatic heterocycles. The summed E-state index contributed by atoms with van der Waals surface area (Å²) in [4.78, 5) is 0. The maximum atomic E-state index is 3.79. The first-order valence-corrected chi connectivity index (χ1v) is 8.60. The van der Waals surface area contributed by atoms with Gasteiger partial charge in [-0.05, 0) is 68.7 Å². The van der Waals surface area contributed by atoms with Crippen molar-refractivity contribution < 1.29 is 0 Å². The molecule has 1 N–H and O–H groups in total. The van der Waals surface area contributed by atoms with Gasteiger partial charge in [-0.2, -0.15) is 0 Å². The van der Waals surface area contributed by atoms with Crippen LogP contribution < -0.4 is 5.32 Å². The van der Waals surface area contributed by atoms with Crippen molar-refractivity contribution in [2.75, 3.05) is 6.54 Å². The number of nitrogens with one attached hydrogen (secondary N) is 1. The summed E-state index contributed by atoms with van der Waals surface area (Å²) in [7, 11) is 0. The number of fused-ring (bicyclic) bond motifs is 2. The first-order valence-electron chi connectivity index (χ1n) is 8.60. The lowest BCUT2D eigenvalue weighted by atomic mass is 9.78. The third kappa shape index (κ3) is 2.76. The zero-order valence-electron chi connectivity index (χ0n) is 12.2. The maximum absolute atomic E-state index is 3.79. The van der Waals surface area contributed by atoms with Crippen LogP contribution in [0.25, 0.3) is 0 Å². The molecule has 3 rings (SSSR count). The summed E-state index contributed by atoms with van der Waals surface area (Å²) < 4.78 is 0. The Morgan fingerprint density at radius 3 is 2.50 bits per heavy atom. The molecule has 18 heavy (non-hydrogen) atoms. The van der Waals surface area contributed by atoms with Gasteiger partial charge in [0.1, 0.15) is 0 Å². The minimum atomic E-state index is 0.844. The second-order valence-electron chi connectivity index (χ2n) is 7.23. The van der Waals surface area contributed by atoms with Crippen LogP contribution in [0.15, 0.2) is 0 Å². The van der Waals surface area contributed by atoms with Gasteiger partial charge in [0.25, 0.3) is 0 Å². The normalized spacial score (nSPS) is 44.2. The first kappa shape index (κ1) is 13.0. The van der Waals surface area contributed by atoms with Gasteiger partial charge >= 0.3 is 0 Å². The van der Waals surface area contributed by atoms with E-state index in [1.54, 1.807) is 32.1 Å². The predicted molar refractivity (Wildman–Crippen MR) is 77.6 cm³/mol. The first-order chi connectivity index (χ1) is 8.86. The fourth-order valence-electron chi connectivity index (χ4n) is 5.25. The summed E-state index contributed by atoms with van der Waals surface area (Å²) in [6.45, 7) is 3.44. The minimum Gasteiger partial charge on any atom is -0.314 e. The van der Waals surface area contributed by atoms with Gasteiger partial charge in [-0.25, -0.2) is 0 Å². The average Bonchev–Trinajstić information content (AvgIpc) is 2.91. The molecular formula is C17H31N. The minimum absolute atomic E-state index is 0.844. The van der Waals surface area contributed by atoms with E-state index in [4.69, 9.17) is 0 Å². The monoisotopic (exact) mass is 249 g/mol. The Bertz CT molecular complexity index is 262. The van der Waals surface area contributed by atoms with Crippen LogP contribution in [0.3, 0.4) is 0 Å². The molecule has 0 aromatic heterocycles. The predicted octanol–water partition coefficient (Wildman–Crippen LogP) is 4.37. The number of rotatable bonds is 4. The van der Waals surface area contributed by atoms with E-state index in [0.717, 1.165) is 36.3 Å². The van der Waals surface area contributed by atoms with Gasteiger partial charge in [0.05, 0.1) is 0 Å². The smallest absolute Gasteiger partial charge is 0.00953 e. The number of hydrogen-bond donors (Lipinski definition) is 1. The van der Waals surface area contributed by atoms with Crippen molar-refractivity contribution in [3.63, 3.8) is 0 Å². The molecule has 1 heteroatoms. The Morgan fingerprint density at radius 1 is 0.889 bits per heavy atom. The molecule has 3 fully saturated rings. The van der Waals surface area contributed by atoms with Crippen molar-refractivity contribution in [2.24, 2.45) is 23.7 Å². The third-order valence-electron chi connectivity index (χ3n) is 6.12. The lowest BCUT2D eigenvalue weighted by Crippen LogP contribution is -2.36. The van der Waals surface area contributed by atoms with Crippen LogP contribution in [0.4, 0.5) is 0 Å². The Labute approximate surface area is 113 Å². The highest BCUT2D eigenvalue weighted by atomic mass is 14.9. The summed E-state index contributed by atoms with van der Waals surface area (Å²) in [6, 6.07) is 0.844. The standard InChI is InChI=1S/C17H31N/c1-2-18-17-7-5-3-4-6-15(17)12-16-11-13-8-9-14(16)10-13/h13-18H,2-12H2,1H3. The summed E-state index contributed by atoms with van der Waals surface area (Å²) in [6.07, 6.45) is 15.2. The van der Waals surface area contributed by atoms with E-state index in [1.807, 2.05) is 0 Å². The zero-order chi connectivity index (χ0) is 12.4. The topological polar surface area (TPSA) is 12.0 Å². The molecule has 1 nitrogen and oxygen atoms in total. The second kappa shape index (κ2) is 5.94. The molecule has 5 atom stereocenters. The van der Waals surface area contributed by atoms with E-state index < -0.39 is 0 Å². The fraction of sp³-hybridized carbons (Fsp3) is 1.00. The summed E-state index contributed by atoms with van der Waals surface area (Å²) in [5, 5.41) is 3.79. The molecule has 0 aromatic carbocycles. The molecular weight excluding hydrogens is 218 g/mol. The van der Waals surface area contributed by atoms with E-state index in [2.05, 4.69) is 12.2 Å². The van der Waals surface area contributed by atoms with E-state index in [1.165, 1.54) is 32.1 Å². The van der Waals surface area contributed by atoms with Crippen molar-refractivity contribution in [3.05, 3.63) is 0 Å². The van der Waals surface area contributed by atoms with Gasteiger partial charge in [-0.1, -0.05) is 32.6 Å². The Kier molecular flexibility index (Phi) is 4.28. The lowest BCUT2D eigenvalue weighted by molar-refractivity contribution is 0.222. The van der Waals surface area contributed by atoms with Crippen LogP contribution in [0, 0.1) is 23.7 Å². The van der Waals surface area contributed by atoms with Crippen molar-refractivity contribution >= 4 is 0 Å². The summed E-state index contributed by atoms with van der Waals surface area (Å²) in [5.41, 5.74) is 0. The zero-order valence-corrected chi connectivity index (χ0v) is 12.2. The van der Waals surface area contributed by atoms with Crippen LogP contribution in [0.5, 0.6) is 0 Å². The largest absolute Gasteiger partial charge is 0.314 e. The van der Waals surface area contributed by atoms with Crippen molar-refractivity contribution in [2.45, 2.75) is 77.2 Å². The summed E-state index contributed by atoms with van der Waals surface area (Å²) in [5.74, 6) is 4.36. The fourth-order valence-corrected chi connectivity index (χ4v) is 5.25. The summed E-state index contributed by atoms with van der Waals surface area (Å²) >= 11 is 0. The molecule has 0 radical (unpaired) electrons. The molecule has 0 saturated heterocycles. The molecule has 3 aliphatic rings. The van der Waals surface area contributed by atoms with Gasteiger partial charge in [0.2, 0.25) is 0 Å². The maximum Gasteiger partial charge on any atom is 0.00953 e. The third-order valence-corrected chi connectivity index (χ3v) is 6.12. The highest BCUT2D eigenvalue weighted by molar-refractivity contribution is 4.92. The van der Waals surface area contributed by atoms with Crippen LogP contribution in [-0.4, -0.2) is 12.6 Å².